The molecule has 0 radical (unpaired) electrons. The predicted molar refractivity (Wildman–Crippen MR) is 136 cm³/mol. The van der Waals surface area contributed by atoms with E-state index in [2.05, 4.69) is 68.1 Å². The summed E-state index contributed by atoms with van der Waals surface area (Å²) in [5, 5.41) is 1.02. The number of thioether (sulfide) groups is 1. The highest BCUT2D eigenvalue weighted by Gasteiger charge is 2.15. The third-order valence-electron chi connectivity index (χ3n) is 5.26. The van der Waals surface area contributed by atoms with Crippen molar-refractivity contribution in [1.82, 2.24) is 4.90 Å². The van der Waals surface area contributed by atoms with Crippen molar-refractivity contribution in [3.63, 3.8) is 0 Å². The Morgan fingerprint density at radius 1 is 0.781 bits per heavy atom. The van der Waals surface area contributed by atoms with Crippen molar-refractivity contribution in [2.45, 2.75) is 33.9 Å². The quantitative estimate of drug-likeness (QED) is 0.281. The van der Waals surface area contributed by atoms with E-state index in [4.69, 9.17) is 14.5 Å². The SMILES string of the molecule is CCSC(=Nc1c(C)cccc1C)N(Cc1ccc(OC)cc1)Cc1ccc(OC)cc1. The van der Waals surface area contributed by atoms with E-state index in [1.807, 2.05) is 24.3 Å². The van der Waals surface area contributed by atoms with Gasteiger partial charge in [0.2, 0.25) is 0 Å². The highest BCUT2D eigenvalue weighted by molar-refractivity contribution is 8.13. The largest absolute Gasteiger partial charge is 0.497 e. The maximum atomic E-state index is 5.33. The Balaban J connectivity index is 1.98. The van der Waals surface area contributed by atoms with Gasteiger partial charge >= 0.3 is 0 Å². The third-order valence-corrected chi connectivity index (χ3v) is 6.15. The number of benzene rings is 3. The molecule has 32 heavy (non-hydrogen) atoms. The Bertz CT molecular complexity index is 961. The van der Waals surface area contributed by atoms with Crippen LogP contribution in [0.4, 0.5) is 5.69 Å². The second-order valence-corrected chi connectivity index (χ2v) is 8.85. The van der Waals surface area contributed by atoms with Gasteiger partial charge < -0.3 is 14.4 Å². The first-order chi connectivity index (χ1) is 15.5. The van der Waals surface area contributed by atoms with E-state index in [0.717, 1.165) is 41.2 Å². The normalized spacial score (nSPS) is 11.3. The molecule has 0 aromatic heterocycles. The summed E-state index contributed by atoms with van der Waals surface area (Å²) in [5.41, 5.74) is 5.86. The molecule has 0 saturated carbocycles. The van der Waals surface area contributed by atoms with Crippen molar-refractivity contribution in [3.8, 4) is 11.5 Å². The Kier molecular flexibility index (Phi) is 8.63. The Morgan fingerprint density at radius 2 is 1.25 bits per heavy atom. The van der Waals surface area contributed by atoms with Gasteiger partial charge in [0.05, 0.1) is 19.9 Å². The topological polar surface area (TPSA) is 34.1 Å². The van der Waals surface area contributed by atoms with Crippen LogP contribution in [0.3, 0.4) is 0 Å². The second kappa shape index (κ2) is 11.6. The number of amidine groups is 1. The monoisotopic (exact) mass is 448 g/mol. The average molecular weight is 449 g/mol. The number of ether oxygens (including phenoxy) is 2. The predicted octanol–water partition coefficient (Wildman–Crippen LogP) is 6.76. The van der Waals surface area contributed by atoms with Crippen molar-refractivity contribution in [2.75, 3.05) is 20.0 Å². The first-order valence-corrected chi connectivity index (χ1v) is 11.8. The number of aryl methyl sites for hydroxylation is 2. The van der Waals surface area contributed by atoms with Crippen LogP contribution < -0.4 is 9.47 Å². The van der Waals surface area contributed by atoms with E-state index in [1.54, 1.807) is 26.0 Å². The molecular weight excluding hydrogens is 416 g/mol. The van der Waals surface area contributed by atoms with Crippen LogP contribution in [0.5, 0.6) is 11.5 Å². The lowest BCUT2D eigenvalue weighted by Gasteiger charge is -2.26. The van der Waals surface area contributed by atoms with Gasteiger partial charge in [-0.3, -0.25) is 0 Å². The third kappa shape index (κ3) is 6.30. The maximum Gasteiger partial charge on any atom is 0.165 e. The molecule has 0 saturated heterocycles. The van der Waals surface area contributed by atoms with Gasteiger partial charge in [-0.05, 0) is 66.1 Å². The average Bonchev–Trinajstić information content (AvgIpc) is 2.81. The van der Waals surface area contributed by atoms with Crippen LogP contribution in [0.25, 0.3) is 0 Å². The lowest BCUT2D eigenvalue weighted by Crippen LogP contribution is -2.28. The van der Waals surface area contributed by atoms with Crippen LogP contribution >= 0.6 is 11.8 Å². The molecule has 0 aliphatic rings. The Hall–Kier alpha value is -2.92. The van der Waals surface area contributed by atoms with Crippen molar-refractivity contribution >= 4 is 22.6 Å². The summed E-state index contributed by atoms with van der Waals surface area (Å²) in [5.74, 6) is 2.68. The van der Waals surface area contributed by atoms with Gasteiger partial charge in [0, 0.05) is 13.1 Å². The zero-order valence-electron chi connectivity index (χ0n) is 19.6. The van der Waals surface area contributed by atoms with E-state index in [9.17, 15) is 0 Å². The number of methoxy groups -OCH3 is 2. The fourth-order valence-corrected chi connectivity index (χ4v) is 4.22. The van der Waals surface area contributed by atoms with Crippen molar-refractivity contribution in [2.24, 2.45) is 4.99 Å². The Morgan fingerprint density at radius 3 is 1.66 bits per heavy atom. The zero-order valence-corrected chi connectivity index (χ0v) is 20.4. The number of aliphatic imine (C=N–C) groups is 1. The first kappa shape index (κ1) is 23.7. The summed E-state index contributed by atoms with van der Waals surface area (Å²) in [6.45, 7) is 7.93. The molecule has 0 spiro atoms. The minimum atomic E-state index is 0.757. The molecule has 3 rings (SSSR count). The van der Waals surface area contributed by atoms with Gasteiger partial charge in [-0.1, -0.05) is 61.2 Å². The number of hydrogen-bond donors (Lipinski definition) is 0. The zero-order chi connectivity index (χ0) is 22.9. The second-order valence-electron chi connectivity index (χ2n) is 7.62. The van der Waals surface area contributed by atoms with Crippen LogP contribution in [-0.2, 0) is 13.1 Å². The molecule has 0 unspecified atom stereocenters. The van der Waals surface area contributed by atoms with Crippen LogP contribution in [0, 0.1) is 13.8 Å². The smallest absolute Gasteiger partial charge is 0.165 e. The van der Waals surface area contributed by atoms with Gasteiger partial charge in [0.1, 0.15) is 11.5 Å². The fourth-order valence-electron chi connectivity index (χ4n) is 3.49. The number of hydrogen-bond acceptors (Lipinski definition) is 4. The molecule has 0 amide bonds. The molecule has 0 aliphatic carbocycles. The minimum Gasteiger partial charge on any atom is -0.497 e. The van der Waals surface area contributed by atoms with Crippen LogP contribution in [-0.4, -0.2) is 30.0 Å². The van der Waals surface area contributed by atoms with Gasteiger partial charge in [-0.2, -0.15) is 0 Å². The Labute approximate surface area is 196 Å². The van der Waals surface area contributed by atoms with Gasteiger partial charge in [-0.25, -0.2) is 4.99 Å². The first-order valence-electron chi connectivity index (χ1n) is 10.8. The summed E-state index contributed by atoms with van der Waals surface area (Å²) in [4.78, 5) is 7.51. The molecule has 0 N–H and O–H groups in total. The van der Waals surface area contributed by atoms with E-state index in [-0.39, 0.29) is 0 Å². The summed E-state index contributed by atoms with van der Waals surface area (Å²) in [7, 11) is 3.39. The van der Waals surface area contributed by atoms with E-state index in [1.165, 1.54) is 22.3 Å². The highest BCUT2D eigenvalue weighted by atomic mass is 32.2. The summed E-state index contributed by atoms with van der Waals surface area (Å²) < 4.78 is 10.7. The van der Waals surface area contributed by atoms with Crippen molar-refractivity contribution in [1.29, 1.82) is 0 Å². The molecule has 3 aromatic rings. The molecule has 3 aromatic carbocycles. The lowest BCUT2D eigenvalue weighted by molar-refractivity contribution is 0.405. The standard InChI is InChI=1S/C27H32N2O2S/c1-6-32-27(28-26-20(2)8-7-9-21(26)3)29(18-22-10-14-24(30-4)15-11-22)19-23-12-16-25(31-5)17-13-23/h7-17H,6,18-19H2,1-5H3. The molecule has 5 heteroatoms. The molecule has 168 valence electrons. The molecule has 0 heterocycles. The van der Waals surface area contributed by atoms with E-state index < -0.39 is 0 Å². The minimum absolute atomic E-state index is 0.757. The van der Waals surface area contributed by atoms with Crippen LogP contribution in [0.2, 0.25) is 0 Å². The molecule has 0 atom stereocenters. The fraction of sp³-hybridized carbons (Fsp3) is 0.296. The van der Waals surface area contributed by atoms with Gasteiger partial charge in [0.15, 0.2) is 5.17 Å². The molecule has 0 aliphatic heterocycles. The van der Waals surface area contributed by atoms with Gasteiger partial charge in [-0.15, -0.1) is 0 Å². The molecule has 0 bridgehead atoms. The van der Waals surface area contributed by atoms with Crippen molar-refractivity contribution < 1.29 is 9.47 Å². The van der Waals surface area contributed by atoms with Crippen molar-refractivity contribution in [3.05, 3.63) is 89.0 Å². The molecular formula is C27H32N2O2S. The van der Waals surface area contributed by atoms with E-state index in [0.29, 0.717) is 0 Å². The molecule has 0 fully saturated rings. The van der Waals surface area contributed by atoms with E-state index >= 15 is 0 Å². The number of para-hydroxylation sites is 1. The number of rotatable bonds is 8. The maximum absolute atomic E-state index is 5.33. The summed E-state index contributed by atoms with van der Waals surface area (Å²) in [6.07, 6.45) is 0. The number of nitrogens with zero attached hydrogens (tertiary/aromatic N) is 2. The highest BCUT2D eigenvalue weighted by Crippen LogP contribution is 2.27. The summed E-state index contributed by atoms with van der Waals surface area (Å²) in [6, 6.07) is 22.8. The van der Waals surface area contributed by atoms with Gasteiger partial charge in [0.25, 0.3) is 0 Å². The lowest BCUT2D eigenvalue weighted by atomic mass is 10.1. The molecule has 4 nitrogen and oxygen atoms in total. The summed E-state index contributed by atoms with van der Waals surface area (Å²) >= 11 is 1.78. The van der Waals surface area contributed by atoms with Crippen LogP contribution in [0.1, 0.15) is 29.2 Å². The van der Waals surface area contributed by atoms with Crippen LogP contribution in [0.15, 0.2) is 71.7 Å².